The number of carbonyl (C=O) groups is 2. The van der Waals surface area contributed by atoms with Gasteiger partial charge in [-0.25, -0.2) is 18.4 Å². The molecule has 0 aliphatic heterocycles. The summed E-state index contributed by atoms with van der Waals surface area (Å²) < 4.78 is 54.5. The van der Waals surface area contributed by atoms with Gasteiger partial charge < -0.3 is 14.0 Å². The maximum atomic E-state index is 13.7. The highest BCUT2D eigenvalue weighted by Gasteiger charge is 2.28. The standard InChI is InChI=1S/C24H23ClF2NO6P/c1-14(23(29)32-3)16-4-5-18-11-21(9-7-17(18)10-16)34-35(25,31)28-15(2)24(30)33-13-19-6-8-20(26)12-22(19)27/h4-12,14-15H,13H2,1-3H3,(H,28,31)/t14-,15?,35?/m0/s1. The van der Waals surface area contributed by atoms with Gasteiger partial charge in [0.1, 0.15) is 30.0 Å². The summed E-state index contributed by atoms with van der Waals surface area (Å²) in [5.41, 5.74) is 0.758. The third-order valence-electron chi connectivity index (χ3n) is 5.20. The summed E-state index contributed by atoms with van der Waals surface area (Å²) in [5, 5.41) is 3.93. The van der Waals surface area contributed by atoms with E-state index in [1.807, 2.05) is 6.07 Å². The van der Waals surface area contributed by atoms with Crippen LogP contribution in [0.15, 0.2) is 54.6 Å². The van der Waals surface area contributed by atoms with Crippen LogP contribution in [0.4, 0.5) is 8.78 Å². The summed E-state index contributed by atoms with van der Waals surface area (Å²) in [6.07, 6.45) is 0. The van der Waals surface area contributed by atoms with Gasteiger partial charge in [0.2, 0.25) is 0 Å². The predicted octanol–water partition coefficient (Wildman–Crippen LogP) is 5.84. The van der Waals surface area contributed by atoms with Crippen molar-refractivity contribution in [1.82, 2.24) is 5.09 Å². The van der Waals surface area contributed by atoms with Gasteiger partial charge in [-0.3, -0.25) is 9.59 Å². The lowest BCUT2D eigenvalue weighted by molar-refractivity contribution is -0.146. The third-order valence-corrected chi connectivity index (χ3v) is 6.84. The molecule has 35 heavy (non-hydrogen) atoms. The number of halogens is 3. The van der Waals surface area contributed by atoms with Crippen LogP contribution in [0.5, 0.6) is 5.75 Å². The molecule has 3 aromatic carbocycles. The molecule has 0 aliphatic rings. The van der Waals surface area contributed by atoms with Crippen molar-refractivity contribution in [2.45, 2.75) is 32.4 Å². The number of hydrogen-bond donors (Lipinski definition) is 1. The van der Waals surface area contributed by atoms with Crippen LogP contribution in [-0.2, 0) is 30.2 Å². The van der Waals surface area contributed by atoms with Crippen LogP contribution in [0, 0.1) is 11.6 Å². The zero-order valence-electron chi connectivity index (χ0n) is 19.1. The van der Waals surface area contributed by atoms with Gasteiger partial charge in [-0.15, -0.1) is 0 Å². The van der Waals surface area contributed by atoms with Gasteiger partial charge in [0.15, 0.2) is 0 Å². The number of hydrogen-bond acceptors (Lipinski definition) is 6. The Morgan fingerprint density at radius 3 is 2.37 bits per heavy atom. The van der Waals surface area contributed by atoms with Crippen LogP contribution in [0.2, 0.25) is 0 Å². The summed E-state index contributed by atoms with van der Waals surface area (Å²) in [4.78, 5) is 24.0. The number of fused-ring (bicyclic) bond motifs is 1. The number of benzene rings is 3. The zero-order chi connectivity index (χ0) is 25.8. The van der Waals surface area contributed by atoms with E-state index in [4.69, 9.17) is 25.2 Å². The minimum atomic E-state index is -4.02. The van der Waals surface area contributed by atoms with Crippen molar-refractivity contribution < 1.29 is 36.9 Å². The number of ether oxygens (including phenoxy) is 2. The number of nitrogens with one attached hydrogen (secondary N) is 1. The summed E-state index contributed by atoms with van der Waals surface area (Å²) in [7, 11) is 1.33. The van der Waals surface area contributed by atoms with E-state index in [1.165, 1.54) is 14.0 Å². The Bertz CT molecular complexity index is 1300. The molecule has 0 bridgehead atoms. The molecule has 3 aromatic rings. The highest BCUT2D eigenvalue weighted by Crippen LogP contribution is 2.49. The van der Waals surface area contributed by atoms with Crippen LogP contribution < -0.4 is 9.61 Å². The first-order chi connectivity index (χ1) is 16.5. The van der Waals surface area contributed by atoms with Gasteiger partial charge in [-0.05, 0) is 54.4 Å². The van der Waals surface area contributed by atoms with Gasteiger partial charge in [-0.2, -0.15) is 0 Å². The predicted molar refractivity (Wildman–Crippen MR) is 127 cm³/mol. The molecule has 3 rings (SSSR count). The van der Waals surface area contributed by atoms with Gasteiger partial charge in [0.25, 0.3) is 0 Å². The quantitative estimate of drug-likeness (QED) is 0.277. The molecule has 0 fully saturated rings. The second-order valence-corrected chi connectivity index (χ2v) is 10.5. The lowest BCUT2D eigenvalue weighted by Crippen LogP contribution is -2.33. The molecule has 2 unspecified atom stereocenters. The number of esters is 2. The van der Waals surface area contributed by atoms with Crippen LogP contribution in [-0.4, -0.2) is 25.1 Å². The van der Waals surface area contributed by atoms with Gasteiger partial charge in [-0.1, -0.05) is 24.3 Å². The van der Waals surface area contributed by atoms with Gasteiger partial charge >= 0.3 is 18.8 Å². The third kappa shape index (κ3) is 7.01. The molecule has 0 aromatic heterocycles. The largest absolute Gasteiger partial charge is 0.469 e. The van der Waals surface area contributed by atoms with Crippen molar-refractivity contribution >= 4 is 40.8 Å². The van der Waals surface area contributed by atoms with E-state index in [-0.39, 0.29) is 17.3 Å². The molecule has 3 atom stereocenters. The van der Waals surface area contributed by atoms with Crippen molar-refractivity contribution in [3.8, 4) is 5.75 Å². The molecule has 0 radical (unpaired) electrons. The fourth-order valence-corrected chi connectivity index (χ4v) is 4.92. The minimum absolute atomic E-state index is 0.0162. The van der Waals surface area contributed by atoms with Crippen LogP contribution >= 0.6 is 18.1 Å². The van der Waals surface area contributed by atoms with Crippen LogP contribution in [0.1, 0.15) is 30.9 Å². The molecule has 0 spiro atoms. The first-order valence-corrected chi connectivity index (χ1v) is 13.0. The molecule has 7 nitrogen and oxygen atoms in total. The Balaban J connectivity index is 1.62. The monoisotopic (exact) mass is 525 g/mol. The molecule has 0 saturated carbocycles. The molecular formula is C24H23ClF2NO6P. The Labute approximate surface area is 205 Å². The fraction of sp³-hybridized carbons (Fsp3) is 0.250. The maximum Gasteiger partial charge on any atom is 0.409 e. The molecule has 0 amide bonds. The number of rotatable bonds is 9. The lowest BCUT2D eigenvalue weighted by Gasteiger charge is -2.18. The zero-order valence-corrected chi connectivity index (χ0v) is 20.7. The van der Waals surface area contributed by atoms with E-state index in [1.54, 1.807) is 37.3 Å². The van der Waals surface area contributed by atoms with Crippen molar-refractivity contribution in [3.63, 3.8) is 0 Å². The molecule has 0 aliphatic carbocycles. The SMILES string of the molecule is COC(=O)[C@@H](C)c1ccc2cc(OP(=O)(Cl)NC(C)C(=O)OCc3ccc(F)cc3F)ccc2c1. The van der Waals surface area contributed by atoms with E-state index < -0.39 is 43.0 Å². The summed E-state index contributed by atoms with van der Waals surface area (Å²) in [6, 6.07) is 12.0. The number of carbonyl (C=O) groups excluding carboxylic acids is 2. The van der Waals surface area contributed by atoms with E-state index in [0.29, 0.717) is 6.07 Å². The maximum absolute atomic E-state index is 13.7. The average Bonchev–Trinajstić information content (AvgIpc) is 2.81. The fourth-order valence-electron chi connectivity index (χ4n) is 3.24. The molecular weight excluding hydrogens is 503 g/mol. The minimum Gasteiger partial charge on any atom is -0.469 e. The molecule has 0 heterocycles. The Kier molecular flexibility index (Phi) is 8.48. The Morgan fingerprint density at radius 1 is 1.00 bits per heavy atom. The molecule has 11 heteroatoms. The number of methoxy groups -OCH3 is 1. The molecule has 0 saturated heterocycles. The first kappa shape index (κ1) is 26.6. The van der Waals surface area contributed by atoms with Crippen molar-refractivity contribution in [1.29, 1.82) is 0 Å². The van der Waals surface area contributed by atoms with Gasteiger partial charge in [0, 0.05) is 22.9 Å². The van der Waals surface area contributed by atoms with Crippen LogP contribution in [0.3, 0.4) is 0 Å². The van der Waals surface area contributed by atoms with E-state index in [2.05, 4.69) is 5.09 Å². The van der Waals surface area contributed by atoms with Crippen molar-refractivity contribution in [2.75, 3.05) is 7.11 Å². The lowest BCUT2D eigenvalue weighted by atomic mass is 9.98. The van der Waals surface area contributed by atoms with E-state index in [0.717, 1.165) is 28.5 Å². The summed E-state index contributed by atoms with van der Waals surface area (Å²) in [6.45, 7) is -1.37. The smallest absolute Gasteiger partial charge is 0.409 e. The molecule has 186 valence electrons. The first-order valence-electron chi connectivity index (χ1n) is 10.5. The normalized spacial score (nSPS) is 14.6. The van der Waals surface area contributed by atoms with Crippen molar-refractivity contribution in [3.05, 3.63) is 77.4 Å². The Morgan fingerprint density at radius 2 is 1.69 bits per heavy atom. The second kappa shape index (κ2) is 11.2. The summed E-state index contributed by atoms with van der Waals surface area (Å²) in [5.74, 6) is -3.07. The van der Waals surface area contributed by atoms with E-state index in [9.17, 15) is 22.9 Å². The average molecular weight is 526 g/mol. The molecule has 1 N–H and O–H groups in total. The Hall–Kier alpha value is -3.00. The van der Waals surface area contributed by atoms with E-state index >= 15 is 0 Å². The van der Waals surface area contributed by atoms with Crippen molar-refractivity contribution in [2.24, 2.45) is 0 Å². The topological polar surface area (TPSA) is 90.9 Å². The highest BCUT2D eigenvalue weighted by atomic mass is 35.7. The van der Waals surface area contributed by atoms with Gasteiger partial charge in [0.05, 0.1) is 13.0 Å². The summed E-state index contributed by atoms with van der Waals surface area (Å²) >= 11 is 6.00. The van der Waals surface area contributed by atoms with Crippen LogP contribution in [0.25, 0.3) is 10.8 Å². The second-order valence-electron chi connectivity index (χ2n) is 7.78. The highest BCUT2D eigenvalue weighted by molar-refractivity contribution is 7.84.